The lowest BCUT2D eigenvalue weighted by Crippen LogP contribution is -2.11. The molecule has 0 saturated heterocycles. The van der Waals surface area contributed by atoms with E-state index in [0.717, 1.165) is 31.6 Å². The minimum Gasteiger partial charge on any atom is -0.464 e. The molecule has 0 fully saturated rings. The zero-order valence-corrected chi connectivity index (χ0v) is 13.7. The number of halogens is 5. The number of carbonyl (C=O) groups excluding carboxylic acids is 1. The Morgan fingerprint density at radius 3 is 2.62 bits per heavy atom. The number of alkyl halides is 3. The average molecular weight is 389 g/mol. The van der Waals surface area contributed by atoms with Crippen LogP contribution >= 0.6 is 11.6 Å². The monoisotopic (exact) mass is 388 g/mol. The van der Waals surface area contributed by atoms with Gasteiger partial charge in [-0.15, -0.1) is 0 Å². The van der Waals surface area contributed by atoms with Crippen LogP contribution in [0.1, 0.15) is 16.1 Å². The van der Waals surface area contributed by atoms with E-state index in [2.05, 4.69) is 9.72 Å². The maximum atomic E-state index is 14.6. The number of anilines is 1. The van der Waals surface area contributed by atoms with Crippen LogP contribution in [0, 0.1) is 5.82 Å². The molecular weight excluding hydrogens is 380 g/mol. The highest BCUT2D eigenvalue weighted by Crippen LogP contribution is 2.41. The molecule has 0 atom stereocenters. The number of rotatable bonds is 2. The van der Waals surface area contributed by atoms with Crippen LogP contribution in [-0.2, 0) is 10.9 Å². The number of aromatic nitrogens is 1. The second-order valence-corrected chi connectivity index (χ2v) is 5.54. The number of pyridine rings is 1. The summed E-state index contributed by atoms with van der Waals surface area (Å²) in [6.45, 7) is 0. The molecule has 0 aliphatic carbocycles. The fourth-order valence-corrected chi connectivity index (χ4v) is 2.67. The second-order valence-electron chi connectivity index (χ2n) is 5.16. The van der Waals surface area contributed by atoms with Crippen molar-refractivity contribution >= 4 is 34.2 Å². The van der Waals surface area contributed by atoms with E-state index in [-0.39, 0.29) is 16.5 Å². The van der Waals surface area contributed by atoms with Gasteiger partial charge in [-0.2, -0.15) is 13.2 Å². The maximum absolute atomic E-state index is 14.6. The van der Waals surface area contributed by atoms with Gasteiger partial charge in [-0.3, -0.25) is 0 Å². The summed E-state index contributed by atoms with van der Waals surface area (Å²) in [4.78, 5) is 15.6. The fourth-order valence-electron chi connectivity index (χ4n) is 2.47. The van der Waals surface area contributed by atoms with Crippen LogP contribution in [0.4, 0.5) is 23.2 Å². The first-order valence-corrected chi connectivity index (χ1v) is 7.35. The third-order valence-corrected chi connectivity index (χ3v) is 4.05. The first kappa shape index (κ1) is 18.0. The fraction of sp³-hybridized carbons (Fsp3) is 0.125. The Balaban J connectivity index is 2.33. The van der Waals surface area contributed by atoms with Gasteiger partial charge in [0, 0.05) is 10.9 Å². The van der Waals surface area contributed by atoms with Gasteiger partial charge in [0.25, 0.3) is 0 Å². The Morgan fingerprint density at radius 2 is 2.00 bits per heavy atom. The van der Waals surface area contributed by atoms with Crippen LogP contribution in [0.2, 0.25) is 5.02 Å². The third kappa shape index (κ3) is 2.74. The van der Waals surface area contributed by atoms with Gasteiger partial charge >= 0.3 is 12.1 Å². The van der Waals surface area contributed by atoms with E-state index in [9.17, 15) is 22.4 Å². The summed E-state index contributed by atoms with van der Waals surface area (Å²) >= 11 is 5.81. The molecule has 26 heavy (non-hydrogen) atoms. The standard InChI is InChI=1S/C16H9ClF4N2O3/c1-25-15(24)13-9(17)11(22)10(18)12(23-13)7-2-3-8(16(19,20)21)6-4-5-26-14(6)7/h2-5H,1H3,(H2,22,23). The average Bonchev–Trinajstić information content (AvgIpc) is 3.07. The van der Waals surface area contributed by atoms with E-state index in [1.54, 1.807) is 0 Å². The van der Waals surface area contributed by atoms with Crippen molar-refractivity contribution in [1.29, 1.82) is 0 Å². The lowest BCUT2D eigenvalue weighted by Gasteiger charge is -2.13. The molecule has 5 nitrogen and oxygen atoms in total. The number of hydrogen-bond donors (Lipinski definition) is 1. The van der Waals surface area contributed by atoms with Gasteiger partial charge in [0.1, 0.15) is 11.3 Å². The summed E-state index contributed by atoms with van der Waals surface area (Å²) in [6, 6.07) is 2.84. The van der Waals surface area contributed by atoms with E-state index in [1.807, 2.05) is 0 Å². The van der Waals surface area contributed by atoms with Crippen molar-refractivity contribution in [2.24, 2.45) is 0 Å². The van der Waals surface area contributed by atoms with Crippen molar-refractivity contribution in [3.63, 3.8) is 0 Å². The highest BCUT2D eigenvalue weighted by molar-refractivity contribution is 6.35. The molecule has 0 amide bonds. The van der Waals surface area contributed by atoms with Crippen molar-refractivity contribution in [1.82, 2.24) is 4.98 Å². The molecule has 2 heterocycles. The largest absolute Gasteiger partial charge is 0.464 e. The number of methoxy groups -OCH3 is 1. The molecule has 3 rings (SSSR count). The molecule has 0 unspecified atom stereocenters. The van der Waals surface area contributed by atoms with Crippen LogP contribution in [0.3, 0.4) is 0 Å². The Morgan fingerprint density at radius 1 is 1.31 bits per heavy atom. The van der Waals surface area contributed by atoms with Crippen LogP contribution in [0.25, 0.3) is 22.2 Å². The molecule has 0 aliphatic heterocycles. The van der Waals surface area contributed by atoms with Gasteiger partial charge in [-0.05, 0) is 18.2 Å². The molecule has 1 aromatic carbocycles. The van der Waals surface area contributed by atoms with Crippen molar-refractivity contribution < 1.29 is 31.5 Å². The van der Waals surface area contributed by atoms with E-state index in [4.69, 9.17) is 21.8 Å². The number of esters is 1. The summed E-state index contributed by atoms with van der Waals surface area (Å²) < 4.78 is 63.5. The first-order chi connectivity index (χ1) is 12.2. The number of benzene rings is 1. The molecule has 136 valence electrons. The topological polar surface area (TPSA) is 78.3 Å². The molecule has 0 bridgehead atoms. The summed E-state index contributed by atoms with van der Waals surface area (Å²) in [5.41, 5.74) is 2.69. The van der Waals surface area contributed by atoms with Crippen LogP contribution in [0.5, 0.6) is 0 Å². The van der Waals surface area contributed by atoms with E-state index in [0.29, 0.717) is 0 Å². The minimum absolute atomic E-state index is 0.121. The van der Waals surface area contributed by atoms with Gasteiger partial charge in [-0.25, -0.2) is 14.2 Å². The van der Waals surface area contributed by atoms with Gasteiger partial charge in [0.05, 0.1) is 29.6 Å². The Hall–Kier alpha value is -2.81. The number of ether oxygens (including phenoxy) is 1. The smallest absolute Gasteiger partial charge is 0.417 e. The minimum atomic E-state index is -4.64. The lowest BCUT2D eigenvalue weighted by molar-refractivity contribution is -0.136. The van der Waals surface area contributed by atoms with Crippen molar-refractivity contribution in [2.45, 2.75) is 6.18 Å². The van der Waals surface area contributed by atoms with E-state index < -0.39 is 45.6 Å². The van der Waals surface area contributed by atoms with Gasteiger partial charge in [-0.1, -0.05) is 11.6 Å². The van der Waals surface area contributed by atoms with Gasteiger partial charge < -0.3 is 14.9 Å². The number of nitrogens with two attached hydrogens (primary N) is 1. The van der Waals surface area contributed by atoms with Crippen molar-refractivity contribution in [3.8, 4) is 11.3 Å². The molecule has 0 saturated carbocycles. The number of hydrogen-bond acceptors (Lipinski definition) is 5. The number of nitrogens with zero attached hydrogens (tertiary/aromatic N) is 1. The lowest BCUT2D eigenvalue weighted by atomic mass is 10.0. The number of fused-ring (bicyclic) bond motifs is 1. The third-order valence-electron chi connectivity index (χ3n) is 3.67. The zero-order chi connectivity index (χ0) is 19.2. The summed E-state index contributed by atoms with van der Waals surface area (Å²) in [5.74, 6) is -2.08. The molecule has 0 radical (unpaired) electrons. The quantitative estimate of drug-likeness (QED) is 0.509. The number of furan rings is 1. The second kappa shape index (κ2) is 6.17. The molecule has 2 aromatic heterocycles. The number of carbonyl (C=O) groups is 1. The highest BCUT2D eigenvalue weighted by atomic mass is 35.5. The summed E-state index contributed by atoms with van der Waals surface area (Å²) in [6.07, 6.45) is -3.61. The molecule has 3 aromatic rings. The Labute approximate surface area is 148 Å². The van der Waals surface area contributed by atoms with Crippen LogP contribution in [-0.4, -0.2) is 18.1 Å². The summed E-state index contributed by atoms with van der Waals surface area (Å²) in [7, 11) is 1.06. The van der Waals surface area contributed by atoms with Gasteiger partial charge in [0.15, 0.2) is 11.5 Å². The van der Waals surface area contributed by atoms with Gasteiger partial charge in [0.2, 0.25) is 0 Å². The molecule has 10 heteroatoms. The molecule has 2 N–H and O–H groups in total. The predicted molar refractivity (Wildman–Crippen MR) is 85.2 cm³/mol. The van der Waals surface area contributed by atoms with Crippen LogP contribution in [0.15, 0.2) is 28.9 Å². The Bertz CT molecular complexity index is 1030. The first-order valence-electron chi connectivity index (χ1n) is 6.97. The molecule has 0 aliphatic rings. The van der Waals surface area contributed by atoms with E-state index in [1.165, 1.54) is 0 Å². The SMILES string of the molecule is COC(=O)c1nc(-c2ccc(C(F)(F)F)c3ccoc23)c(F)c(N)c1Cl. The zero-order valence-electron chi connectivity index (χ0n) is 12.9. The highest BCUT2D eigenvalue weighted by Gasteiger charge is 2.34. The summed E-state index contributed by atoms with van der Waals surface area (Å²) in [5, 5.41) is -0.745. The predicted octanol–water partition coefficient (Wildman–Crippen LogP) is 4.67. The van der Waals surface area contributed by atoms with Crippen molar-refractivity contribution in [3.05, 3.63) is 46.6 Å². The maximum Gasteiger partial charge on any atom is 0.417 e. The van der Waals surface area contributed by atoms with E-state index >= 15 is 0 Å². The van der Waals surface area contributed by atoms with Crippen LogP contribution < -0.4 is 5.73 Å². The normalized spacial score (nSPS) is 11.8. The molecular formula is C16H9ClF4N2O3. The van der Waals surface area contributed by atoms with Crippen molar-refractivity contribution in [2.75, 3.05) is 12.8 Å². The molecule has 0 spiro atoms. The Kier molecular flexibility index (Phi) is 4.27. The number of nitrogen functional groups attached to an aromatic ring is 1.